The van der Waals surface area contributed by atoms with Crippen molar-refractivity contribution in [2.45, 2.75) is 13.0 Å². The van der Waals surface area contributed by atoms with E-state index in [2.05, 4.69) is 15.1 Å². The highest BCUT2D eigenvalue weighted by molar-refractivity contribution is 7.80. The number of nitrogens with zero attached hydrogens (tertiary/aromatic N) is 5. The summed E-state index contributed by atoms with van der Waals surface area (Å²) in [6.07, 6.45) is 7.11. The van der Waals surface area contributed by atoms with Gasteiger partial charge in [-0.2, -0.15) is 0 Å². The minimum absolute atomic E-state index is 0.143. The van der Waals surface area contributed by atoms with Crippen LogP contribution in [0.15, 0.2) is 61.1 Å². The number of anilines is 1. The number of carbonyl (C=O) groups excluding carboxylic acids is 1. The number of aromatic nitrogens is 4. The standard InChI is InChI=1S/C22H20ClN5O2S/c1-27-21-19(9-4-10-24-21)30-13-16(22(27)31)6-3-8-18(29)20-25-14-28(26-20)12-15-5-2-7-17(23)11-15/h2-7,9-11,14,16H,8,12-13H2,1H3/b6-3+/t16-/m0/s1. The molecule has 0 aliphatic carbocycles. The molecule has 0 fully saturated rings. The first-order chi connectivity index (χ1) is 15.0. The molecule has 0 spiro atoms. The third-order valence-electron chi connectivity index (χ3n) is 4.83. The molecular weight excluding hydrogens is 434 g/mol. The van der Waals surface area contributed by atoms with Gasteiger partial charge in [-0.25, -0.2) is 14.6 Å². The Balaban J connectivity index is 1.37. The molecule has 0 saturated heterocycles. The fourth-order valence-corrected chi connectivity index (χ4v) is 3.69. The zero-order valence-electron chi connectivity index (χ0n) is 16.8. The van der Waals surface area contributed by atoms with Gasteiger partial charge in [0, 0.05) is 24.7 Å². The Kier molecular flexibility index (Phi) is 6.39. The predicted molar refractivity (Wildman–Crippen MR) is 123 cm³/mol. The lowest BCUT2D eigenvalue weighted by Gasteiger charge is -2.19. The van der Waals surface area contributed by atoms with E-state index in [0.29, 0.717) is 34.7 Å². The number of ketones is 1. The van der Waals surface area contributed by atoms with E-state index in [-0.39, 0.29) is 23.9 Å². The van der Waals surface area contributed by atoms with E-state index in [1.165, 1.54) is 0 Å². The summed E-state index contributed by atoms with van der Waals surface area (Å²) in [6.45, 7) is 0.879. The Hall–Kier alpha value is -3.10. The van der Waals surface area contributed by atoms with Gasteiger partial charge in [0.05, 0.1) is 17.5 Å². The van der Waals surface area contributed by atoms with E-state index in [1.54, 1.807) is 23.3 Å². The summed E-state index contributed by atoms with van der Waals surface area (Å²) in [5, 5.41) is 4.94. The monoisotopic (exact) mass is 453 g/mol. The van der Waals surface area contributed by atoms with E-state index in [4.69, 9.17) is 28.6 Å². The lowest BCUT2D eigenvalue weighted by atomic mass is 10.1. The molecule has 2 aromatic heterocycles. The highest BCUT2D eigenvalue weighted by atomic mass is 35.5. The second-order valence-electron chi connectivity index (χ2n) is 7.09. The van der Waals surface area contributed by atoms with Crippen molar-refractivity contribution in [2.75, 3.05) is 18.6 Å². The minimum atomic E-state index is -0.167. The number of hydrogen-bond donors (Lipinski definition) is 0. The van der Waals surface area contributed by atoms with Crippen LogP contribution in [0.2, 0.25) is 5.02 Å². The van der Waals surface area contributed by atoms with E-state index in [0.717, 1.165) is 5.56 Å². The first-order valence-corrected chi connectivity index (χ1v) is 10.5. The minimum Gasteiger partial charge on any atom is -0.489 e. The molecule has 0 bridgehead atoms. The van der Waals surface area contributed by atoms with Crippen molar-refractivity contribution in [1.82, 2.24) is 19.7 Å². The summed E-state index contributed by atoms with van der Waals surface area (Å²) in [4.78, 5) is 23.5. The molecule has 0 N–H and O–H groups in total. The third-order valence-corrected chi connectivity index (χ3v) is 5.64. The number of carbonyl (C=O) groups is 1. The van der Waals surface area contributed by atoms with Crippen LogP contribution in [0.5, 0.6) is 5.75 Å². The van der Waals surface area contributed by atoms with Crippen molar-refractivity contribution in [3.63, 3.8) is 0 Å². The quantitative estimate of drug-likeness (QED) is 0.317. The normalized spacial score (nSPS) is 16.1. The van der Waals surface area contributed by atoms with Gasteiger partial charge in [-0.05, 0) is 29.8 Å². The maximum Gasteiger partial charge on any atom is 0.217 e. The van der Waals surface area contributed by atoms with Crippen LogP contribution in [0.1, 0.15) is 22.6 Å². The predicted octanol–water partition coefficient (Wildman–Crippen LogP) is 3.98. The average molecular weight is 454 g/mol. The molecule has 0 radical (unpaired) electrons. The number of Topliss-reactive ketones (excluding diaryl/α,β-unsaturated/α-hetero) is 1. The van der Waals surface area contributed by atoms with Crippen LogP contribution in [0.3, 0.4) is 0 Å². The van der Waals surface area contributed by atoms with Gasteiger partial charge < -0.3 is 9.64 Å². The highest BCUT2D eigenvalue weighted by Gasteiger charge is 2.25. The molecule has 9 heteroatoms. The Morgan fingerprint density at radius 3 is 3.03 bits per heavy atom. The lowest BCUT2D eigenvalue weighted by molar-refractivity contribution is 0.0985. The first-order valence-electron chi connectivity index (χ1n) is 9.70. The molecule has 1 aliphatic rings. The lowest BCUT2D eigenvalue weighted by Crippen LogP contribution is -2.31. The third kappa shape index (κ3) is 4.98. The summed E-state index contributed by atoms with van der Waals surface area (Å²) in [5.41, 5.74) is 0.984. The van der Waals surface area contributed by atoms with Crippen molar-refractivity contribution in [2.24, 2.45) is 5.92 Å². The number of thiocarbonyl (C=S) groups is 1. The summed E-state index contributed by atoms with van der Waals surface area (Å²) < 4.78 is 7.47. The molecular formula is C22H20ClN5O2S. The Labute approximate surface area is 190 Å². The van der Waals surface area contributed by atoms with Gasteiger partial charge in [-0.1, -0.05) is 48.1 Å². The molecule has 158 valence electrons. The molecule has 3 heterocycles. The SMILES string of the molecule is CN1C(=S)[C@@H](/C=C/CC(=O)c2ncn(Cc3cccc(Cl)c3)n2)COc2cccnc21. The van der Waals surface area contributed by atoms with Gasteiger partial charge in [0.25, 0.3) is 0 Å². The number of ether oxygens (including phenoxy) is 1. The molecule has 7 nitrogen and oxygen atoms in total. The number of rotatable bonds is 6. The molecule has 31 heavy (non-hydrogen) atoms. The second kappa shape index (κ2) is 9.36. The molecule has 1 aliphatic heterocycles. The number of benzene rings is 1. The fourth-order valence-electron chi connectivity index (χ4n) is 3.24. The summed E-state index contributed by atoms with van der Waals surface area (Å²) in [6, 6.07) is 11.2. The molecule has 1 aromatic carbocycles. The van der Waals surface area contributed by atoms with Crippen molar-refractivity contribution in [3.05, 3.63) is 77.5 Å². The maximum atomic E-state index is 12.5. The smallest absolute Gasteiger partial charge is 0.217 e. The number of fused-ring (bicyclic) bond motifs is 1. The van der Waals surface area contributed by atoms with Crippen molar-refractivity contribution in [1.29, 1.82) is 0 Å². The van der Waals surface area contributed by atoms with E-state index in [9.17, 15) is 4.79 Å². The Bertz CT molecular complexity index is 1150. The summed E-state index contributed by atoms with van der Waals surface area (Å²) in [5.74, 6) is 1.25. The van der Waals surface area contributed by atoms with Crippen LogP contribution >= 0.6 is 23.8 Å². The fraction of sp³-hybridized carbons (Fsp3) is 0.227. The van der Waals surface area contributed by atoms with Gasteiger partial charge in [0.1, 0.15) is 12.9 Å². The molecule has 0 unspecified atom stereocenters. The molecule has 3 aromatic rings. The Morgan fingerprint density at radius 2 is 2.19 bits per heavy atom. The topological polar surface area (TPSA) is 73.1 Å². The number of pyridine rings is 1. The largest absolute Gasteiger partial charge is 0.489 e. The maximum absolute atomic E-state index is 12.5. The number of hydrogen-bond acceptors (Lipinski definition) is 6. The van der Waals surface area contributed by atoms with Crippen molar-refractivity contribution in [3.8, 4) is 5.75 Å². The zero-order chi connectivity index (χ0) is 21.8. The number of halogens is 1. The van der Waals surface area contributed by atoms with Gasteiger partial charge in [-0.3, -0.25) is 4.79 Å². The summed E-state index contributed by atoms with van der Waals surface area (Å²) >= 11 is 11.6. The summed E-state index contributed by atoms with van der Waals surface area (Å²) in [7, 11) is 1.87. The van der Waals surface area contributed by atoms with Gasteiger partial charge in [-0.15, -0.1) is 5.10 Å². The van der Waals surface area contributed by atoms with Crippen LogP contribution < -0.4 is 9.64 Å². The average Bonchev–Trinajstić information content (AvgIpc) is 3.19. The van der Waals surface area contributed by atoms with E-state index >= 15 is 0 Å². The second-order valence-corrected chi connectivity index (χ2v) is 7.95. The first kappa shape index (κ1) is 21.1. The molecule has 0 saturated carbocycles. The van der Waals surface area contributed by atoms with Crippen LogP contribution in [0, 0.1) is 5.92 Å². The zero-order valence-corrected chi connectivity index (χ0v) is 18.4. The Morgan fingerprint density at radius 1 is 1.32 bits per heavy atom. The van der Waals surface area contributed by atoms with Crippen LogP contribution in [0.4, 0.5) is 5.82 Å². The van der Waals surface area contributed by atoms with Gasteiger partial charge in [0.2, 0.25) is 11.6 Å². The highest BCUT2D eigenvalue weighted by Crippen LogP contribution is 2.29. The van der Waals surface area contributed by atoms with Gasteiger partial charge in [0.15, 0.2) is 11.6 Å². The van der Waals surface area contributed by atoms with E-state index in [1.807, 2.05) is 54.4 Å². The van der Waals surface area contributed by atoms with Crippen LogP contribution in [0.25, 0.3) is 0 Å². The molecule has 4 rings (SSSR count). The van der Waals surface area contributed by atoms with Crippen molar-refractivity contribution >= 4 is 40.4 Å². The molecule has 1 atom stereocenters. The molecule has 0 amide bonds. The van der Waals surface area contributed by atoms with Gasteiger partial charge >= 0.3 is 0 Å². The van der Waals surface area contributed by atoms with Crippen LogP contribution in [-0.2, 0) is 6.54 Å². The van der Waals surface area contributed by atoms with Crippen LogP contribution in [-0.4, -0.2) is 44.2 Å². The number of allylic oxidation sites excluding steroid dienone is 1. The van der Waals surface area contributed by atoms with E-state index < -0.39 is 0 Å². The van der Waals surface area contributed by atoms with Crippen molar-refractivity contribution < 1.29 is 9.53 Å².